The number of hydrogen-bond donors (Lipinski definition) is 0. The number of nitrogens with zero attached hydrogens (tertiary/aromatic N) is 2. The van der Waals surface area contributed by atoms with Crippen molar-refractivity contribution in [1.29, 1.82) is 0 Å². The Morgan fingerprint density at radius 1 is 1.18 bits per heavy atom. The first-order chi connectivity index (χ1) is 10.5. The molecule has 1 aromatic carbocycles. The molecule has 2 heterocycles. The molecule has 120 valence electrons. The molecule has 2 aliphatic heterocycles. The van der Waals surface area contributed by atoms with Gasteiger partial charge in [-0.15, -0.1) is 0 Å². The Hall–Kier alpha value is -0.920. The minimum absolute atomic E-state index is 0.115. The van der Waals surface area contributed by atoms with E-state index in [0.29, 0.717) is 19.5 Å². The predicted molar refractivity (Wildman–Crippen MR) is 86.8 cm³/mol. The second kappa shape index (κ2) is 6.29. The second-order valence-corrected chi connectivity index (χ2v) is 8.69. The van der Waals surface area contributed by atoms with Crippen LogP contribution in [0.2, 0.25) is 0 Å². The molecule has 1 atom stereocenters. The van der Waals surface area contributed by atoms with E-state index in [4.69, 9.17) is 0 Å². The number of benzene rings is 1. The van der Waals surface area contributed by atoms with E-state index in [0.717, 1.165) is 30.4 Å². The SMILES string of the molecule is O=C(C1CCN(S(=O)(=O)c2cccc(Br)c2)C1)N1CCCC1. The van der Waals surface area contributed by atoms with Crippen molar-refractivity contribution in [2.45, 2.75) is 24.2 Å². The summed E-state index contributed by atoms with van der Waals surface area (Å²) in [6, 6.07) is 6.70. The van der Waals surface area contributed by atoms with Crippen molar-refractivity contribution in [3.8, 4) is 0 Å². The number of likely N-dealkylation sites (tertiary alicyclic amines) is 1. The zero-order valence-electron chi connectivity index (χ0n) is 12.2. The lowest BCUT2D eigenvalue weighted by molar-refractivity contribution is -0.133. The van der Waals surface area contributed by atoms with E-state index in [1.165, 1.54) is 4.31 Å². The van der Waals surface area contributed by atoms with Gasteiger partial charge in [0.25, 0.3) is 0 Å². The van der Waals surface area contributed by atoms with E-state index in [1.807, 2.05) is 4.90 Å². The molecule has 0 aliphatic carbocycles. The average molecular weight is 387 g/mol. The summed E-state index contributed by atoms with van der Waals surface area (Å²) in [6.07, 6.45) is 2.72. The Morgan fingerprint density at radius 3 is 2.59 bits per heavy atom. The Balaban J connectivity index is 1.73. The molecule has 0 spiro atoms. The molecule has 2 aliphatic rings. The van der Waals surface area contributed by atoms with Crippen LogP contribution in [-0.2, 0) is 14.8 Å². The Bertz CT molecular complexity index is 671. The molecule has 1 unspecified atom stereocenters. The molecule has 0 saturated carbocycles. The highest BCUT2D eigenvalue weighted by Crippen LogP contribution is 2.27. The van der Waals surface area contributed by atoms with Gasteiger partial charge in [-0.05, 0) is 37.5 Å². The third-order valence-electron chi connectivity index (χ3n) is 4.35. The quantitative estimate of drug-likeness (QED) is 0.798. The van der Waals surface area contributed by atoms with Crippen molar-refractivity contribution in [2.24, 2.45) is 5.92 Å². The van der Waals surface area contributed by atoms with Crippen LogP contribution in [0.1, 0.15) is 19.3 Å². The van der Waals surface area contributed by atoms with Gasteiger partial charge in [-0.1, -0.05) is 22.0 Å². The summed E-state index contributed by atoms with van der Waals surface area (Å²) in [4.78, 5) is 14.6. The fourth-order valence-corrected chi connectivity index (χ4v) is 5.22. The fourth-order valence-electron chi connectivity index (χ4n) is 3.12. The minimum atomic E-state index is -3.52. The zero-order chi connectivity index (χ0) is 15.7. The van der Waals surface area contributed by atoms with Gasteiger partial charge in [0.15, 0.2) is 0 Å². The van der Waals surface area contributed by atoms with Crippen molar-refractivity contribution >= 4 is 31.9 Å². The number of halogens is 1. The second-order valence-electron chi connectivity index (χ2n) is 5.84. The molecular weight excluding hydrogens is 368 g/mol. The Labute approximate surface area is 139 Å². The largest absolute Gasteiger partial charge is 0.342 e. The van der Waals surface area contributed by atoms with Crippen LogP contribution in [-0.4, -0.2) is 49.7 Å². The van der Waals surface area contributed by atoms with E-state index >= 15 is 0 Å². The zero-order valence-corrected chi connectivity index (χ0v) is 14.6. The summed E-state index contributed by atoms with van der Waals surface area (Å²) < 4.78 is 27.5. The van der Waals surface area contributed by atoms with Crippen LogP contribution in [0, 0.1) is 5.92 Å². The van der Waals surface area contributed by atoms with Gasteiger partial charge in [-0.3, -0.25) is 4.79 Å². The molecule has 1 aromatic rings. The van der Waals surface area contributed by atoms with Crippen LogP contribution in [0.15, 0.2) is 33.6 Å². The van der Waals surface area contributed by atoms with Crippen LogP contribution in [0.4, 0.5) is 0 Å². The minimum Gasteiger partial charge on any atom is -0.342 e. The standard InChI is InChI=1S/C15H19BrN2O3S/c16-13-4-3-5-14(10-13)22(20,21)18-9-6-12(11-18)15(19)17-7-1-2-8-17/h3-5,10,12H,1-2,6-9,11H2. The maximum Gasteiger partial charge on any atom is 0.243 e. The Morgan fingerprint density at radius 2 is 1.91 bits per heavy atom. The number of hydrogen-bond acceptors (Lipinski definition) is 3. The summed E-state index contributed by atoms with van der Waals surface area (Å²) in [7, 11) is -3.52. The highest BCUT2D eigenvalue weighted by molar-refractivity contribution is 9.10. The summed E-state index contributed by atoms with van der Waals surface area (Å²) in [5.74, 6) is -0.0792. The lowest BCUT2D eigenvalue weighted by atomic mass is 10.1. The molecule has 7 heteroatoms. The molecule has 3 rings (SSSR count). The highest BCUT2D eigenvalue weighted by atomic mass is 79.9. The topological polar surface area (TPSA) is 57.7 Å². The molecule has 5 nitrogen and oxygen atoms in total. The van der Waals surface area contributed by atoms with E-state index in [9.17, 15) is 13.2 Å². The van der Waals surface area contributed by atoms with Crippen LogP contribution < -0.4 is 0 Å². The fraction of sp³-hybridized carbons (Fsp3) is 0.533. The van der Waals surface area contributed by atoms with Crippen molar-refractivity contribution in [1.82, 2.24) is 9.21 Å². The van der Waals surface area contributed by atoms with E-state index in [2.05, 4.69) is 15.9 Å². The van der Waals surface area contributed by atoms with Crippen LogP contribution >= 0.6 is 15.9 Å². The van der Waals surface area contributed by atoms with Crippen molar-refractivity contribution in [3.63, 3.8) is 0 Å². The van der Waals surface area contributed by atoms with Crippen LogP contribution in [0.3, 0.4) is 0 Å². The van der Waals surface area contributed by atoms with Gasteiger partial charge in [0, 0.05) is 30.7 Å². The van der Waals surface area contributed by atoms with Gasteiger partial charge < -0.3 is 4.90 Å². The monoisotopic (exact) mass is 386 g/mol. The van der Waals surface area contributed by atoms with Crippen molar-refractivity contribution < 1.29 is 13.2 Å². The first kappa shape index (κ1) is 16.0. The number of amides is 1. The average Bonchev–Trinajstić information content (AvgIpc) is 3.18. The first-order valence-corrected chi connectivity index (χ1v) is 9.76. The lowest BCUT2D eigenvalue weighted by Crippen LogP contribution is -2.36. The maximum absolute atomic E-state index is 12.7. The molecule has 0 radical (unpaired) electrons. The van der Waals surface area contributed by atoms with Gasteiger partial charge in [0.2, 0.25) is 15.9 Å². The van der Waals surface area contributed by atoms with Crippen LogP contribution in [0.5, 0.6) is 0 Å². The molecule has 0 bridgehead atoms. The molecule has 2 fully saturated rings. The first-order valence-electron chi connectivity index (χ1n) is 7.53. The summed E-state index contributed by atoms with van der Waals surface area (Å²) in [5, 5.41) is 0. The molecule has 22 heavy (non-hydrogen) atoms. The molecular formula is C15H19BrN2O3S. The summed E-state index contributed by atoms with van der Waals surface area (Å²) >= 11 is 3.30. The van der Waals surface area contributed by atoms with Crippen molar-refractivity contribution in [2.75, 3.05) is 26.2 Å². The molecule has 0 aromatic heterocycles. The van der Waals surface area contributed by atoms with Gasteiger partial charge in [-0.2, -0.15) is 4.31 Å². The highest BCUT2D eigenvalue weighted by Gasteiger charge is 2.37. The number of carbonyl (C=O) groups excluding carboxylic acids is 1. The Kier molecular flexibility index (Phi) is 4.56. The lowest BCUT2D eigenvalue weighted by Gasteiger charge is -2.20. The predicted octanol–water partition coefficient (Wildman–Crippen LogP) is 2.08. The smallest absolute Gasteiger partial charge is 0.243 e. The summed E-state index contributed by atoms with van der Waals surface area (Å²) in [5.41, 5.74) is 0. The van der Waals surface area contributed by atoms with E-state index in [1.54, 1.807) is 24.3 Å². The van der Waals surface area contributed by atoms with Gasteiger partial charge >= 0.3 is 0 Å². The maximum atomic E-state index is 12.7. The molecule has 2 saturated heterocycles. The third-order valence-corrected chi connectivity index (χ3v) is 6.71. The number of carbonyl (C=O) groups is 1. The summed E-state index contributed by atoms with van der Waals surface area (Å²) in [6.45, 7) is 2.34. The molecule has 0 N–H and O–H groups in total. The molecule has 1 amide bonds. The van der Waals surface area contributed by atoms with E-state index in [-0.39, 0.29) is 16.7 Å². The van der Waals surface area contributed by atoms with E-state index < -0.39 is 10.0 Å². The third kappa shape index (κ3) is 3.07. The number of sulfonamides is 1. The van der Waals surface area contributed by atoms with Gasteiger partial charge in [-0.25, -0.2) is 8.42 Å². The normalized spacial score (nSPS) is 23.1. The number of rotatable bonds is 3. The van der Waals surface area contributed by atoms with Crippen molar-refractivity contribution in [3.05, 3.63) is 28.7 Å². The van der Waals surface area contributed by atoms with Gasteiger partial charge in [0.1, 0.15) is 0 Å². The van der Waals surface area contributed by atoms with Gasteiger partial charge in [0.05, 0.1) is 10.8 Å². The van der Waals surface area contributed by atoms with Crippen LogP contribution in [0.25, 0.3) is 0 Å².